The minimum atomic E-state index is -3.94. The molecule has 0 saturated carbocycles. The monoisotopic (exact) mass is 691 g/mol. The van der Waals surface area contributed by atoms with E-state index in [0.717, 1.165) is 0 Å². The average molecular weight is 690 g/mol. The summed E-state index contributed by atoms with van der Waals surface area (Å²) in [6.45, 7) is 0. The molecule has 0 rings (SSSR count). The summed E-state index contributed by atoms with van der Waals surface area (Å²) >= 11 is -23.6. The maximum atomic E-state index is 8.56. The van der Waals surface area contributed by atoms with E-state index in [1.807, 2.05) is 0 Å². The van der Waals surface area contributed by atoms with Crippen LogP contribution in [-0.4, -0.2) is 0 Å². The number of hydrogen-bond donors (Lipinski definition) is 0. The summed E-state index contributed by atoms with van der Waals surface area (Å²) in [7, 11) is 0. The van der Waals surface area contributed by atoms with E-state index in [-0.39, 0.29) is 21.1 Å². The van der Waals surface area contributed by atoms with E-state index < -0.39 is 92.4 Å². The van der Waals surface area contributed by atoms with Crippen molar-refractivity contribution in [3.8, 4) is 0 Å². The fraction of sp³-hybridized carbons (Fsp3) is 0. The molecule has 0 aromatic carbocycles. The Balaban J connectivity index is -0.0000000309. The van der Waals surface area contributed by atoms with Crippen LogP contribution < -0.4 is 24.2 Å². The third-order valence-electron chi connectivity index (χ3n) is 0. The molecule has 18 nitrogen and oxygen atoms in total. The van der Waals surface area contributed by atoms with Crippen molar-refractivity contribution < 1.29 is 182 Å². The fourth-order valence-electron chi connectivity index (χ4n) is 0. The summed E-state index contributed by atoms with van der Waals surface area (Å²) in [5.74, 6) is 0. The first kappa shape index (κ1) is 45.4. The Morgan fingerprint density at radius 3 is 0.280 bits per heavy atom. The Labute approximate surface area is 179 Å². The second kappa shape index (κ2) is 40.3. The SMILES string of the molecule is [Mo+6].[O]=[V](=[O])[O-].[O]=[V](=[O])[O-].[O]=[V](=[O])[O-].[O]=[V](=[O])[O-].[O]=[V](=[O])[O-].[O]=[V](=[O])[O-]. The van der Waals surface area contributed by atoms with Gasteiger partial charge in [0.25, 0.3) is 0 Å². The molecular formula is MoO18V6. The predicted molar refractivity (Wildman–Crippen MR) is 8.24 cm³/mol. The second-order valence-electron chi connectivity index (χ2n) is 1.34. The van der Waals surface area contributed by atoms with Gasteiger partial charge >= 0.3 is 182 Å². The molecule has 0 spiro atoms. The first-order valence-electron chi connectivity index (χ1n) is 3.29. The van der Waals surface area contributed by atoms with Crippen LogP contribution in [0.5, 0.6) is 0 Å². The summed E-state index contributed by atoms with van der Waals surface area (Å²) in [4.78, 5) is 0. The van der Waals surface area contributed by atoms with E-state index >= 15 is 0 Å². The molecule has 0 heterocycles. The maximum absolute atomic E-state index is 8.56. The molecule has 144 valence electrons. The number of hydrogen-bond acceptors (Lipinski definition) is 18. The van der Waals surface area contributed by atoms with Crippen molar-refractivity contribution in [3.05, 3.63) is 0 Å². The van der Waals surface area contributed by atoms with Crippen molar-refractivity contribution in [1.82, 2.24) is 0 Å². The van der Waals surface area contributed by atoms with E-state index in [9.17, 15) is 0 Å². The van der Waals surface area contributed by atoms with Crippen molar-refractivity contribution >= 4 is 0 Å². The van der Waals surface area contributed by atoms with Gasteiger partial charge < -0.3 is 0 Å². The van der Waals surface area contributed by atoms with Crippen LogP contribution in [0.3, 0.4) is 0 Å². The van der Waals surface area contributed by atoms with Gasteiger partial charge in [0, 0.05) is 0 Å². The van der Waals surface area contributed by atoms with Crippen LogP contribution in [0, 0.1) is 0 Å². The van der Waals surface area contributed by atoms with Crippen molar-refractivity contribution in [3.63, 3.8) is 0 Å². The summed E-state index contributed by atoms with van der Waals surface area (Å²) in [5.41, 5.74) is 0. The fourth-order valence-corrected chi connectivity index (χ4v) is 0. The van der Waals surface area contributed by atoms with Crippen LogP contribution in [0.1, 0.15) is 0 Å². The van der Waals surface area contributed by atoms with Crippen LogP contribution >= 0.6 is 0 Å². The van der Waals surface area contributed by atoms with E-state index in [2.05, 4.69) is 0 Å². The molecule has 0 aromatic rings. The molecule has 0 atom stereocenters. The van der Waals surface area contributed by atoms with E-state index in [0.29, 0.717) is 0 Å². The molecule has 0 radical (unpaired) electrons. The summed E-state index contributed by atoms with van der Waals surface area (Å²) in [6, 6.07) is 0. The second-order valence-corrected chi connectivity index (χ2v) is 5.53. The minimum absolute atomic E-state index is 0. The van der Waals surface area contributed by atoms with Gasteiger partial charge in [-0.1, -0.05) is 0 Å². The van der Waals surface area contributed by atoms with Crippen molar-refractivity contribution in [2.75, 3.05) is 0 Å². The van der Waals surface area contributed by atoms with Crippen LogP contribution in [0.15, 0.2) is 0 Å². The van der Waals surface area contributed by atoms with Crippen LogP contribution in [0.25, 0.3) is 0 Å². The Morgan fingerprint density at radius 2 is 0.280 bits per heavy atom. The molecule has 0 fully saturated rings. The molecule has 0 aliphatic carbocycles. The average Bonchev–Trinajstić information content (AvgIpc) is 2.08. The van der Waals surface area contributed by atoms with Crippen molar-refractivity contribution in [2.24, 2.45) is 0 Å². The van der Waals surface area contributed by atoms with Gasteiger partial charge in [0.1, 0.15) is 0 Å². The Hall–Kier alpha value is 1.55. The third-order valence-corrected chi connectivity index (χ3v) is 0. The molecular weight excluding hydrogens is 690 g/mol. The molecule has 0 amide bonds. The van der Waals surface area contributed by atoms with Gasteiger partial charge in [-0.25, -0.2) is 0 Å². The van der Waals surface area contributed by atoms with Gasteiger partial charge in [0.15, 0.2) is 0 Å². The Bertz CT molecular complexity index is 471. The standard InChI is InChI=1S/Mo.18O.6V/q+6;;;;;;;;;;;;;6*-1;;;;;;. The Kier molecular flexibility index (Phi) is 73.1. The zero-order valence-corrected chi connectivity index (χ0v) is 20.8. The quantitative estimate of drug-likeness (QED) is 0.213. The zero-order valence-electron chi connectivity index (χ0n) is 10.4. The molecule has 0 unspecified atom stereocenters. The van der Waals surface area contributed by atoms with Gasteiger partial charge in [-0.15, -0.1) is 0 Å². The predicted octanol–water partition coefficient (Wildman–Crippen LogP) is -8.58. The van der Waals surface area contributed by atoms with Gasteiger partial charge in [0.2, 0.25) is 0 Å². The van der Waals surface area contributed by atoms with Crippen molar-refractivity contribution in [2.45, 2.75) is 0 Å². The molecule has 0 aromatic heterocycles. The van der Waals surface area contributed by atoms with E-state index in [1.54, 1.807) is 0 Å². The van der Waals surface area contributed by atoms with Gasteiger partial charge in [-0.2, -0.15) is 0 Å². The topological polar surface area (TPSA) is 343 Å². The van der Waals surface area contributed by atoms with E-state index in [4.69, 9.17) is 68.3 Å². The molecule has 0 aliphatic rings. The molecule has 25 heavy (non-hydrogen) atoms. The van der Waals surface area contributed by atoms with E-state index in [1.165, 1.54) is 0 Å². The first-order valence-corrected chi connectivity index (χ1v) is 13.5. The Morgan fingerprint density at radius 1 is 0.280 bits per heavy atom. The van der Waals surface area contributed by atoms with Gasteiger partial charge in [-0.05, 0) is 0 Å². The van der Waals surface area contributed by atoms with Crippen LogP contribution in [-0.2, 0) is 158 Å². The molecule has 0 bridgehead atoms. The summed E-state index contributed by atoms with van der Waals surface area (Å²) in [6.07, 6.45) is 0. The molecule has 25 heteroatoms. The molecule has 0 N–H and O–H groups in total. The van der Waals surface area contributed by atoms with Gasteiger partial charge in [0.05, 0.1) is 0 Å². The summed E-state index contributed by atoms with van der Waals surface area (Å²) in [5, 5.41) is 0. The normalized spacial score (nSPS) is 6.00. The third kappa shape index (κ3) is 5870. The van der Waals surface area contributed by atoms with Crippen molar-refractivity contribution in [1.29, 1.82) is 0 Å². The van der Waals surface area contributed by atoms with Crippen LogP contribution in [0.2, 0.25) is 0 Å². The van der Waals surface area contributed by atoms with Gasteiger partial charge in [-0.3, -0.25) is 0 Å². The first-order chi connectivity index (χ1) is 10.4. The number of rotatable bonds is 0. The zero-order chi connectivity index (χ0) is 21.5. The summed E-state index contributed by atoms with van der Waals surface area (Å²) < 4.78 is 154. The molecule has 0 aliphatic heterocycles. The van der Waals surface area contributed by atoms with Crippen LogP contribution in [0.4, 0.5) is 0 Å². The molecule has 0 saturated heterocycles.